The SMILES string of the molecule is CNC(CSc1ccc(Cl)cc1)Cc1cccs1. The van der Waals surface area contributed by atoms with Gasteiger partial charge in [0.1, 0.15) is 0 Å². The predicted octanol–water partition coefficient (Wildman–Crippen LogP) is 4.32. The molecule has 0 radical (unpaired) electrons. The standard InChI is InChI=1S/C14H16ClNS2/c1-16-12(9-14-3-2-8-17-14)10-18-13-6-4-11(15)5-7-13/h2-8,12,16H,9-10H2,1H3. The summed E-state index contributed by atoms with van der Waals surface area (Å²) >= 11 is 9.57. The summed E-state index contributed by atoms with van der Waals surface area (Å²) in [5, 5.41) is 6.31. The normalized spacial score (nSPS) is 12.6. The molecule has 96 valence electrons. The molecule has 1 heterocycles. The van der Waals surface area contributed by atoms with Crippen molar-refractivity contribution in [3.05, 3.63) is 51.7 Å². The van der Waals surface area contributed by atoms with Crippen LogP contribution < -0.4 is 5.32 Å². The molecule has 1 nitrogen and oxygen atoms in total. The van der Waals surface area contributed by atoms with Crippen molar-refractivity contribution in [2.45, 2.75) is 17.4 Å². The van der Waals surface area contributed by atoms with E-state index in [0.29, 0.717) is 6.04 Å². The van der Waals surface area contributed by atoms with Crippen molar-refractivity contribution in [3.63, 3.8) is 0 Å². The van der Waals surface area contributed by atoms with Gasteiger partial charge in [-0.3, -0.25) is 0 Å². The molecular formula is C14H16ClNS2. The number of thiophene rings is 1. The molecular weight excluding hydrogens is 282 g/mol. The zero-order valence-electron chi connectivity index (χ0n) is 10.2. The Morgan fingerprint density at radius 1 is 1.28 bits per heavy atom. The van der Waals surface area contributed by atoms with Crippen molar-refractivity contribution in [2.24, 2.45) is 0 Å². The Morgan fingerprint density at radius 2 is 2.06 bits per heavy atom. The Balaban J connectivity index is 1.85. The Kier molecular flexibility index (Phi) is 5.57. The molecule has 18 heavy (non-hydrogen) atoms. The van der Waals surface area contributed by atoms with Gasteiger partial charge >= 0.3 is 0 Å². The average Bonchev–Trinajstić information content (AvgIpc) is 2.89. The molecule has 1 aromatic carbocycles. The highest BCUT2D eigenvalue weighted by Gasteiger charge is 2.08. The van der Waals surface area contributed by atoms with Crippen LogP contribution in [0.3, 0.4) is 0 Å². The zero-order chi connectivity index (χ0) is 12.8. The minimum absolute atomic E-state index is 0.504. The highest BCUT2D eigenvalue weighted by Crippen LogP contribution is 2.22. The first kappa shape index (κ1) is 13.9. The molecule has 0 fully saturated rings. The molecule has 0 aliphatic heterocycles. The van der Waals surface area contributed by atoms with E-state index < -0.39 is 0 Å². The van der Waals surface area contributed by atoms with Crippen LogP contribution in [0.1, 0.15) is 4.88 Å². The van der Waals surface area contributed by atoms with Crippen molar-refractivity contribution in [2.75, 3.05) is 12.8 Å². The summed E-state index contributed by atoms with van der Waals surface area (Å²) in [4.78, 5) is 2.71. The molecule has 0 saturated heterocycles. The minimum Gasteiger partial charge on any atom is -0.316 e. The zero-order valence-corrected chi connectivity index (χ0v) is 12.6. The first-order valence-electron chi connectivity index (χ1n) is 5.86. The predicted molar refractivity (Wildman–Crippen MR) is 83.0 cm³/mol. The summed E-state index contributed by atoms with van der Waals surface area (Å²) in [5.74, 6) is 1.07. The van der Waals surface area contributed by atoms with Crippen LogP contribution in [0.4, 0.5) is 0 Å². The van der Waals surface area contributed by atoms with Crippen LogP contribution in [0.25, 0.3) is 0 Å². The van der Waals surface area contributed by atoms with Crippen LogP contribution in [0, 0.1) is 0 Å². The van der Waals surface area contributed by atoms with E-state index in [-0.39, 0.29) is 0 Å². The summed E-state index contributed by atoms with van der Waals surface area (Å²) < 4.78 is 0. The van der Waals surface area contributed by atoms with E-state index in [1.54, 1.807) is 0 Å². The molecule has 0 bridgehead atoms. The average molecular weight is 298 g/mol. The lowest BCUT2D eigenvalue weighted by Gasteiger charge is -2.14. The van der Waals surface area contributed by atoms with Crippen LogP contribution in [0.2, 0.25) is 5.02 Å². The minimum atomic E-state index is 0.504. The molecule has 0 saturated carbocycles. The largest absolute Gasteiger partial charge is 0.316 e. The van der Waals surface area contributed by atoms with Gasteiger partial charge in [0.15, 0.2) is 0 Å². The molecule has 1 unspecified atom stereocenters. The van der Waals surface area contributed by atoms with Crippen LogP contribution in [0.5, 0.6) is 0 Å². The van der Waals surface area contributed by atoms with E-state index >= 15 is 0 Å². The van der Waals surface area contributed by atoms with Crippen LogP contribution in [-0.4, -0.2) is 18.8 Å². The van der Waals surface area contributed by atoms with E-state index in [0.717, 1.165) is 17.2 Å². The number of hydrogen-bond donors (Lipinski definition) is 1. The summed E-state index contributed by atoms with van der Waals surface area (Å²) in [6.45, 7) is 0. The lowest BCUT2D eigenvalue weighted by atomic mass is 10.2. The number of likely N-dealkylation sites (N-methyl/N-ethyl adjacent to an activating group) is 1. The molecule has 0 aliphatic rings. The Bertz CT molecular complexity index is 453. The van der Waals surface area contributed by atoms with Gasteiger partial charge in [0.2, 0.25) is 0 Å². The van der Waals surface area contributed by atoms with Crippen molar-refractivity contribution >= 4 is 34.7 Å². The maximum Gasteiger partial charge on any atom is 0.0406 e. The summed E-state index contributed by atoms with van der Waals surface area (Å²) in [6.07, 6.45) is 1.09. The number of benzene rings is 1. The third-order valence-electron chi connectivity index (χ3n) is 2.70. The van der Waals surface area contributed by atoms with Gasteiger partial charge in [0.05, 0.1) is 0 Å². The lowest BCUT2D eigenvalue weighted by molar-refractivity contribution is 0.622. The number of thioether (sulfide) groups is 1. The van der Waals surface area contributed by atoms with Gasteiger partial charge in [-0.05, 0) is 49.2 Å². The number of rotatable bonds is 6. The Morgan fingerprint density at radius 3 is 2.67 bits per heavy atom. The molecule has 1 aromatic heterocycles. The number of hydrogen-bond acceptors (Lipinski definition) is 3. The quantitative estimate of drug-likeness (QED) is 0.797. The smallest absolute Gasteiger partial charge is 0.0406 e. The molecule has 2 aromatic rings. The Labute approximate surface area is 122 Å². The van der Waals surface area contributed by atoms with E-state index in [2.05, 4.69) is 35.0 Å². The molecule has 2 rings (SSSR count). The van der Waals surface area contributed by atoms with Gasteiger partial charge in [-0.2, -0.15) is 0 Å². The first-order valence-corrected chi connectivity index (χ1v) is 8.10. The van der Waals surface area contributed by atoms with Crippen molar-refractivity contribution in [1.29, 1.82) is 0 Å². The molecule has 4 heteroatoms. The fourth-order valence-corrected chi connectivity index (χ4v) is 3.56. The third-order valence-corrected chi connectivity index (χ3v) is 5.03. The topological polar surface area (TPSA) is 12.0 Å². The van der Waals surface area contributed by atoms with E-state index in [4.69, 9.17) is 11.6 Å². The maximum atomic E-state index is 5.88. The van der Waals surface area contributed by atoms with Gasteiger partial charge in [0, 0.05) is 26.6 Å². The Hall–Kier alpha value is -0.480. The lowest BCUT2D eigenvalue weighted by Crippen LogP contribution is -2.29. The summed E-state index contributed by atoms with van der Waals surface area (Å²) in [7, 11) is 2.03. The highest BCUT2D eigenvalue weighted by atomic mass is 35.5. The number of nitrogens with one attached hydrogen (secondary N) is 1. The van der Waals surface area contributed by atoms with Gasteiger partial charge < -0.3 is 5.32 Å². The van der Waals surface area contributed by atoms with Gasteiger partial charge in [-0.25, -0.2) is 0 Å². The van der Waals surface area contributed by atoms with E-state index in [1.807, 2.05) is 42.3 Å². The van der Waals surface area contributed by atoms with Crippen LogP contribution in [-0.2, 0) is 6.42 Å². The van der Waals surface area contributed by atoms with Gasteiger partial charge in [-0.15, -0.1) is 23.1 Å². The van der Waals surface area contributed by atoms with E-state index in [1.165, 1.54) is 9.77 Å². The summed E-state index contributed by atoms with van der Waals surface area (Å²) in [5.41, 5.74) is 0. The second-order valence-electron chi connectivity index (χ2n) is 4.03. The fraction of sp³-hybridized carbons (Fsp3) is 0.286. The second-order valence-corrected chi connectivity index (χ2v) is 6.60. The molecule has 0 spiro atoms. The first-order chi connectivity index (χ1) is 8.78. The van der Waals surface area contributed by atoms with Crippen molar-refractivity contribution in [1.82, 2.24) is 5.32 Å². The fourth-order valence-electron chi connectivity index (χ4n) is 1.64. The van der Waals surface area contributed by atoms with Crippen molar-refractivity contribution < 1.29 is 0 Å². The third kappa shape index (κ3) is 4.32. The van der Waals surface area contributed by atoms with Crippen LogP contribution in [0.15, 0.2) is 46.7 Å². The van der Waals surface area contributed by atoms with Gasteiger partial charge in [-0.1, -0.05) is 17.7 Å². The van der Waals surface area contributed by atoms with Crippen molar-refractivity contribution in [3.8, 4) is 0 Å². The van der Waals surface area contributed by atoms with E-state index in [9.17, 15) is 0 Å². The van der Waals surface area contributed by atoms with Gasteiger partial charge in [0.25, 0.3) is 0 Å². The molecule has 0 aliphatic carbocycles. The second kappa shape index (κ2) is 7.19. The molecule has 1 atom stereocenters. The summed E-state index contributed by atoms with van der Waals surface area (Å²) in [6, 6.07) is 12.8. The molecule has 1 N–H and O–H groups in total. The monoisotopic (exact) mass is 297 g/mol. The highest BCUT2D eigenvalue weighted by molar-refractivity contribution is 7.99. The van der Waals surface area contributed by atoms with Crippen LogP contribution >= 0.6 is 34.7 Å². The maximum absolute atomic E-state index is 5.88. The molecule has 0 amide bonds. The number of halogens is 1.